The number of nitrogens with one attached hydrogen (secondary N) is 1. The number of carbonyl (C=O) groups excluding carboxylic acids is 1. The van der Waals surface area contributed by atoms with Crippen LogP contribution in [0, 0.1) is 0 Å². The zero-order valence-electron chi connectivity index (χ0n) is 10.7. The number of fused-ring (bicyclic) bond motifs is 1. The topological polar surface area (TPSA) is 58.4 Å². The molecule has 92 valence electrons. The van der Waals surface area contributed by atoms with Crippen molar-refractivity contribution in [2.75, 3.05) is 16.0 Å². The van der Waals surface area contributed by atoms with Crippen LogP contribution >= 0.6 is 0 Å². The van der Waals surface area contributed by atoms with E-state index in [1.54, 1.807) is 6.07 Å². The third-order valence-corrected chi connectivity index (χ3v) is 3.25. The van der Waals surface area contributed by atoms with E-state index >= 15 is 0 Å². The lowest BCUT2D eigenvalue weighted by atomic mass is 9.94. The van der Waals surface area contributed by atoms with Gasteiger partial charge < -0.3 is 16.0 Å². The molecule has 4 heteroatoms. The van der Waals surface area contributed by atoms with Crippen LogP contribution in [0.2, 0.25) is 0 Å². The fourth-order valence-electron chi connectivity index (χ4n) is 2.50. The highest BCUT2D eigenvalue weighted by Gasteiger charge is 2.41. The minimum absolute atomic E-state index is 0.0170. The molecule has 0 radical (unpaired) electrons. The van der Waals surface area contributed by atoms with Crippen molar-refractivity contribution < 1.29 is 4.79 Å². The van der Waals surface area contributed by atoms with Crippen LogP contribution in [0.25, 0.3) is 0 Å². The average molecular weight is 233 g/mol. The zero-order valence-corrected chi connectivity index (χ0v) is 10.7. The summed E-state index contributed by atoms with van der Waals surface area (Å²) in [5.74, 6) is -0.0170. The predicted octanol–water partition coefficient (Wildman–Crippen LogP) is 2.21. The number of anilines is 3. The maximum atomic E-state index is 12.1. The maximum Gasteiger partial charge on any atom is 0.249 e. The van der Waals surface area contributed by atoms with E-state index in [-0.39, 0.29) is 11.9 Å². The van der Waals surface area contributed by atoms with Gasteiger partial charge in [-0.15, -0.1) is 0 Å². The Hall–Kier alpha value is -1.71. The number of para-hydroxylation sites is 1. The van der Waals surface area contributed by atoms with Crippen molar-refractivity contribution in [2.45, 2.75) is 39.3 Å². The molecule has 0 aliphatic carbocycles. The number of amides is 1. The lowest BCUT2D eigenvalue weighted by Crippen LogP contribution is -2.58. The molecule has 1 heterocycles. The second-order valence-corrected chi connectivity index (χ2v) is 5.22. The number of rotatable bonds is 1. The smallest absolute Gasteiger partial charge is 0.249 e. The Morgan fingerprint density at radius 1 is 1.35 bits per heavy atom. The molecule has 0 spiro atoms. The van der Waals surface area contributed by atoms with Crippen molar-refractivity contribution in [3.05, 3.63) is 18.2 Å². The summed E-state index contributed by atoms with van der Waals surface area (Å²) in [5, 5.41) is 2.90. The number of nitrogens with two attached hydrogens (primary N) is 1. The van der Waals surface area contributed by atoms with E-state index < -0.39 is 5.54 Å². The van der Waals surface area contributed by atoms with E-state index in [0.29, 0.717) is 5.69 Å². The molecule has 0 atom stereocenters. The lowest BCUT2D eigenvalue weighted by molar-refractivity contribution is -0.120. The first-order chi connectivity index (χ1) is 7.85. The number of hydrogen-bond acceptors (Lipinski definition) is 3. The Balaban J connectivity index is 2.64. The maximum absolute atomic E-state index is 12.1. The van der Waals surface area contributed by atoms with Crippen molar-refractivity contribution >= 4 is 23.0 Å². The molecule has 1 aromatic carbocycles. The van der Waals surface area contributed by atoms with Gasteiger partial charge in [0.25, 0.3) is 0 Å². The van der Waals surface area contributed by atoms with Gasteiger partial charge in [-0.1, -0.05) is 6.07 Å². The largest absolute Gasteiger partial charge is 0.397 e. The van der Waals surface area contributed by atoms with Gasteiger partial charge in [-0.3, -0.25) is 4.79 Å². The first-order valence-corrected chi connectivity index (χ1v) is 5.85. The molecule has 0 saturated heterocycles. The van der Waals surface area contributed by atoms with Crippen LogP contribution in [-0.4, -0.2) is 17.5 Å². The number of carbonyl (C=O) groups is 1. The molecule has 17 heavy (non-hydrogen) atoms. The highest BCUT2D eigenvalue weighted by atomic mass is 16.2. The third kappa shape index (κ3) is 1.64. The van der Waals surface area contributed by atoms with Gasteiger partial charge in [0.2, 0.25) is 5.91 Å². The quantitative estimate of drug-likeness (QED) is 0.731. The molecular weight excluding hydrogens is 214 g/mol. The Kier molecular flexibility index (Phi) is 2.53. The summed E-state index contributed by atoms with van der Waals surface area (Å²) in [5.41, 5.74) is 7.68. The molecule has 4 nitrogen and oxygen atoms in total. The minimum atomic E-state index is -0.561. The number of benzene rings is 1. The van der Waals surface area contributed by atoms with Crippen molar-refractivity contribution in [2.24, 2.45) is 0 Å². The van der Waals surface area contributed by atoms with Crippen LogP contribution in [0.5, 0.6) is 0 Å². The van der Waals surface area contributed by atoms with Crippen LogP contribution in [0.3, 0.4) is 0 Å². The number of hydrogen-bond donors (Lipinski definition) is 2. The Morgan fingerprint density at radius 2 is 2.00 bits per heavy atom. The van der Waals surface area contributed by atoms with Crippen LogP contribution in [-0.2, 0) is 4.79 Å². The van der Waals surface area contributed by atoms with E-state index in [4.69, 9.17) is 5.73 Å². The van der Waals surface area contributed by atoms with Gasteiger partial charge in [0.15, 0.2) is 0 Å². The van der Waals surface area contributed by atoms with Gasteiger partial charge in [0, 0.05) is 6.04 Å². The molecule has 1 aliphatic rings. The second kappa shape index (κ2) is 3.65. The number of nitrogens with zero attached hydrogens (tertiary/aromatic N) is 1. The van der Waals surface area contributed by atoms with E-state index in [1.165, 1.54) is 0 Å². The fraction of sp³-hybridized carbons (Fsp3) is 0.462. The Bertz CT molecular complexity index is 466. The summed E-state index contributed by atoms with van der Waals surface area (Å²) in [6, 6.07) is 5.94. The SMILES string of the molecule is CC(C)N1c2cccc(N)c2NC(=O)C1(C)C. The Morgan fingerprint density at radius 3 is 2.59 bits per heavy atom. The van der Waals surface area contributed by atoms with Gasteiger partial charge in [0.05, 0.1) is 17.1 Å². The van der Waals surface area contributed by atoms with Crippen molar-refractivity contribution in [3.63, 3.8) is 0 Å². The van der Waals surface area contributed by atoms with Gasteiger partial charge in [-0.25, -0.2) is 0 Å². The first kappa shape index (κ1) is 11.8. The summed E-state index contributed by atoms with van der Waals surface area (Å²) >= 11 is 0. The van der Waals surface area contributed by atoms with E-state index in [9.17, 15) is 4.79 Å². The summed E-state index contributed by atoms with van der Waals surface area (Å²) in [7, 11) is 0. The van der Waals surface area contributed by atoms with Crippen LogP contribution in [0.15, 0.2) is 18.2 Å². The Labute approximate surface area is 102 Å². The monoisotopic (exact) mass is 233 g/mol. The summed E-state index contributed by atoms with van der Waals surface area (Å²) in [6.07, 6.45) is 0. The predicted molar refractivity (Wildman–Crippen MR) is 71.2 cm³/mol. The van der Waals surface area contributed by atoms with E-state index in [2.05, 4.69) is 24.1 Å². The van der Waals surface area contributed by atoms with E-state index in [1.807, 2.05) is 26.0 Å². The second-order valence-electron chi connectivity index (χ2n) is 5.22. The molecule has 1 amide bonds. The number of nitrogen functional groups attached to an aromatic ring is 1. The molecule has 1 aliphatic heterocycles. The van der Waals surface area contributed by atoms with Crippen molar-refractivity contribution in [1.82, 2.24) is 0 Å². The normalized spacial score (nSPS) is 17.9. The summed E-state index contributed by atoms with van der Waals surface area (Å²) < 4.78 is 0. The minimum Gasteiger partial charge on any atom is -0.397 e. The first-order valence-electron chi connectivity index (χ1n) is 5.85. The highest BCUT2D eigenvalue weighted by molar-refractivity contribution is 6.08. The van der Waals surface area contributed by atoms with Crippen molar-refractivity contribution in [3.8, 4) is 0 Å². The average Bonchev–Trinajstić information content (AvgIpc) is 2.20. The molecule has 0 bridgehead atoms. The molecule has 0 unspecified atom stereocenters. The van der Waals surface area contributed by atoms with Crippen molar-refractivity contribution in [1.29, 1.82) is 0 Å². The van der Waals surface area contributed by atoms with Crippen LogP contribution in [0.4, 0.5) is 17.1 Å². The van der Waals surface area contributed by atoms with Crippen LogP contribution < -0.4 is 16.0 Å². The molecule has 0 saturated carbocycles. The van der Waals surface area contributed by atoms with Gasteiger partial charge in [0.1, 0.15) is 5.54 Å². The molecule has 0 aromatic heterocycles. The summed E-state index contributed by atoms with van der Waals surface area (Å²) in [4.78, 5) is 14.2. The lowest BCUT2D eigenvalue weighted by Gasteiger charge is -2.46. The fourth-order valence-corrected chi connectivity index (χ4v) is 2.50. The third-order valence-electron chi connectivity index (χ3n) is 3.25. The standard InChI is InChI=1S/C13H19N3O/c1-8(2)16-10-7-5-6-9(14)11(10)15-12(17)13(16,3)4/h5-8H,14H2,1-4H3,(H,15,17). The van der Waals surface area contributed by atoms with Crippen LogP contribution in [0.1, 0.15) is 27.7 Å². The molecule has 3 N–H and O–H groups in total. The van der Waals surface area contributed by atoms with Gasteiger partial charge >= 0.3 is 0 Å². The van der Waals surface area contributed by atoms with Gasteiger partial charge in [-0.05, 0) is 39.8 Å². The molecule has 1 aromatic rings. The molecule has 0 fully saturated rings. The highest BCUT2D eigenvalue weighted by Crippen LogP contribution is 2.41. The summed E-state index contributed by atoms with van der Waals surface area (Å²) in [6.45, 7) is 8.00. The zero-order chi connectivity index (χ0) is 12.8. The molecule has 2 rings (SSSR count). The molecular formula is C13H19N3O. The van der Waals surface area contributed by atoms with E-state index in [0.717, 1.165) is 11.4 Å². The van der Waals surface area contributed by atoms with Gasteiger partial charge in [-0.2, -0.15) is 0 Å².